The Morgan fingerprint density at radius 2 is 2.05 bits per heavy atom. The van der Waals surface area contributed by atoms with Gasteiger partial charge in [-0.15, -0.1) is 0 Å². The van der Waals surface area contributed by atoms with E-state index in [1.165, 1.54) is 6.07 Å². The van der Waals surface area contributed by atoms with Crippen LogP contribution in [0.15, 0.2) is 40.9 Å². The molecule has 0 radical (unpaired) electrons. The van der Waals surface area contributed by atoms with E-state index in [0.29, 0.717) is 10.6 Å². The first kappa shape index (κ1) is 15.3. The molecule has 0 aromatic heterocycles. The lowest BCUT2D eigenvalue weighted by Gasteiger charge is -2.19. The Hall–Kier alpha value is -1.10. The Kier molecular flexibility index (Phi) is 5.02. The molecule has 0 aliphatic rings. The first-order chi connectivity index (χ1) is 9.51. The number of aryl methyl sites for hydroxylation is 1. The molecule has 2 N–H and O–H groups in total. The number of aliphatic hydroxyl groups is 1. The van der Waals surface area contributed by atoms with Gasteiger partial charge in [0.1, 0.15) is 5.82 Å². The molecule has 0 fully saturated rings. The first-order valence-electron chi connectivity index (χ1n) is 6.09. The van der Waals surface area contributed by atoms with Crippen LogP contribution in [0.1, 0.15) is 17.2 Å². The van der Waals surface area contributed by atoms with E-state index in [-0.39, 0.29) is 12.4 Å². The highest BCUT2D eigenvalue weighted by molar-refractivity contribution is 9.10. The minimum atomic E-state index is -0.511. The van der Waals surface area contributed by atoms with Gasteiger partial charge in [-0.3, -0.25) is 0 Å². The molecule has 20 heavy (non-hydrogen) atoms. The largest absolute Gasteiger partial charge is 0.394 e. The molecule has 0 saturated carbocycles. The van der Waals surface area contributed by atoms with Gasteiger partial charge in [0.25, 0.3) is 0 Å². The zero-order valence-electron chi connectivity index (χ0n) is 10.8. The van der Waals surface area contributed by atoms with Crippen LogP contribution in [0.25, 0.3) is 0 Å². The lowest BCUT2D eigenvalue weighted by Crippen LogP contribution is -2.16. The fourth-order valence-corrected chi connectivity index (χ4v) is 2.44. The minimum Gasteiger partial charge on any atom is -0.394 e. The van der Waals surface area contributed by atoms with Crippen molar-refractivity contribution >= 4 is 33.2 Å². The molecule has 0 aliphatic carbocycles. The summed E-state index contributed by atoms with van der Waals surface area (Å²) in [5, 5.41) is 13.2. The highest BCUT2D eigenvalue weighted by Gasteiger charge is 2.15. The molecule has 2 aromatic rings. The Labute approximate surface area is 130 Å². The van der Waals surface area contributed by atoms with E-state index in [1.54, 1.807) is 30.3 Å². The standard InChI is InChI=1S/C15H14BrClFNO/c1-9-2-5-14(18)11(6-9)15(8-20)19-10-3-4-13(17)12(16)7-10/h2-7,15,19-20H,8H2,1H3. The van der Waals surface area contributed by atoms with Crippen molar-refractivity contribution in [3.63, 3.8) is 0 Å². The highest BCUT2D eigenvalue weighted by Crippen LogP contribution is 2.28. The maximum Gasteiger partial charge on any atom is 0.128 e. The zero-order chi connectivity index (χ0) is 14.7. The van der Waals surface area contributed by atoms with Crippen molar-refractivity contribution in [3.05, 3.63) is 62.8 Å². The number of anilines is 1. The van der Waals surface area contributed by atoms with Gasteiger partial charge in [-0.05, 0) is 47.1 Å². The molecule has 0 spiro atoms. The van der Waals surface area contributed by atoms with Gasteiger partial charge in [-0.1, -0.05) is 29.3 Å². The number of aliphatic hydroxyl groups excluding tert-OH is 1. The van der Waals surface area contributed by atoms with Crippen LogP contribution in [0.4, 0.5) is 10.1 Å². The fraction of sp³-hybridized carbons (Fsp3) is 0.200. The molecule has 2 aromatic carbocycles. The highest BCUT2D eigenvalue weighted by atomic mass is 79.9. The SMILES string of the molecule is Cc1ccc(F)c(C(CO)Nc2ccc(Cl)c(Br)c2)c1. The van der Waals surface area contributed by atoms with Gasteiger partial charge in [-0.2, -0.15) is 0 Å². The molecule has 0 aliphatic heterocycles. The molecule has 0 amide bonds. The summed E-state index contributed by atoms with van der Waals surface area (Å²) in [6, 6.07) is 9.63. The summed E-state index contributed by atoms with van der Waals surface area (Å²) in [6.45, 7) is 1.68. The predicted molar refractivity (Wildman–Crippen MR) is 83.7 cm³/mol. The normalized spacial score (nSPS) is 12.2. The lowest BCUT2D eigenvalue weighted by molar-refractivity contribution is 0.274. The van der Waals surface area contributed by atoms with Crippen LogP contribution in [0.3, 0.4) is 0 Å². The van der Waals surface area contributed by atoms with Crippen LogP contribution in [0, 0.1) is 12.7 Å². The fourth-order valence-electron chi connectivity index (χ4n) is 1.94. The van der Waals surface area contributed by atoms with Gasteiger partial charge < -0.3 is 10.4 Å². The van der Waals surface area contributed by atoms with Crippen LogP contribution >= 0.6 is 27.5 Å². The third-order valence-corrected chi connectivity index (χ3v) is 4.18. The molecule has 5 heteroatoms. The van der Waals surface area contributed by atoms with Crippen molar-refractivity contribution in [2.45, 2.75) is 13.0 Å². The summed E-state index contributed by atoms with van der Waals surface area (Å²) >= 11 is 9.26. The maximum atomic E-state index is 13.9. The minimum absolute atomic E-state index is 0.208. The van der Waals surface area contributed by atoms with Crippen LogP contribution in [0.2, 0.25) is 5.02 Å². The van der Waals surface area contributed by atoms with Gasteiger partial charge in [0.05, 0.1) is 17.7 Å². The second kappa shape index (κ2) is 6.57. The van der Waals surface area contributed by atoms with Gasteiger partial charge in [0.15, 0.2) is 0 Å². The number of hydrogen-bond acceptors (Lipinski definition) is 2. The van der Waals surface area contributed by atoms with Crippen molar-refractivity contribution in [2.75, 3.05) is 11.9 Å². The number of halogens is 3. The van der Waals surface area contributed by atoms with Crippen LogP contribution in [-0.4, -0.2) is 11.7 Å². The third kappa shape index (κ3) is 3.51. The Morgan fingerprint density at radius 3 is 2.70 bits per heavy atom. The van der Waals surface area contributed by atoms with Gasteiger partial charge in [0, 0.05) is 15.7 Å². The number of hydrogen-bond donors (Lipinski definition) is 2. The zero-order valence-corrected chi connectivity index (χ0v) is 13.2. The third-order valence-electron chi connectivity index (χ3n) is 2.97. The van der Waals surface area contributed by atoms with E-state index in [0.717, 1.165) is 15.7 Å². The summed E-state index contributed by atoms with van der Waals surface area (Å²) in [6.07, 6.45) is 0. The van der Waals surface area contributed by atoms with Crippen molar-refractivity contribution in [1.29, 1.82) is 0 Å². The number of rotatable bonds is 4. The average Bonchev–Trinajstić information content (AvgIpc) is 2.43. The van der Waals surface area contributed by atoms with Gasteiger partial charge in [0.2, 0.25) is 0 Å². The molecule has 0 heterocycles. The van der Waals surface area contributed by atoms with Crippen LogP contribution in [-0.2, 0) is 0 Å². The summed E-state index contributed by atoms with van der Waals surface area (Å²) < 4.78 is 14.6. The monoisotopic (exact) mass is 357 g/mol. The van der Waals surface area contributed by atoms with E-state index in [1.807, 2.05) is 6.92 Å². The molecule has 0 saturated heterocycles. The predicted octanol–water partition coefficient (Wildman–Crippen LogP) is 4.70. The van der Waals surface area contributed by atoms with Crippen molar-refractivity contribution in [1.82, 2.24) is 0 Å². The first-order valence-corrected chi connectivity index (χ1v) is 7.27. The van der Waals surface area contributed by atoms with Crippen molar-refractivity contribution in [3.8, 4) is 0 Å². The molecule has 1 unspecified atom stereocenters. The van der Waals surface area contributed by atoms with E-state index in [2.05, 4.69) is 21.2 Å². The quantitative estimate of drug-likeness (QED) is 0.830. The molecule has 0 bridgehead atoms. The Morgan fingerprint density at radius 1 is 1.30 bits per heavy atom. The van der Waals surface area contributed by atoms with Crippen molar-refractivity contribution < 1.29 is 9.50 Å². The molecule has 2 rings (SSSR count). The molecular formula is C15H14BrClFNO. The Bertz CT molecular complexity index is 621. The second-order valence-electron chi connectivity index (χ2n) is 4.53. The van der Waals surface area contributed by atoms with Crippen LogP contribution < -0.4 is 5.32 Å². The maximum absolute atomic E-state index is 13.9. The number of benzene rings is 2. The van der Waals surface area contributed by atoms with E-state index in [9.17, 15) is 9.50 Å². The number of nitrogens with one attached hydrogen (secondary N) is 1. The van der Waals surface area contributed by atoms with Gasteiger partial charge in [-0.25, -0.2) is 4.39 Å². The smallest absolute Gasteiger partial charge is 0.128 e. The summed E-state index contributed by atoms with van der Waals surface area (Å²) in [5.41, 5.74) is 2.14. The van der Waals surface area contributed by atoms with E-state index >= 15 is 0 Å². The van der Waals surface area contributed by atoms with E-state index < -0.39 is 6.04 Å². The molecule has 106 valence electrons. The topological polar surface area (TPSA) is 32.3 Å². The van der Waals surface area contributed by atoms with Crippen LogP contribution in [0.5, 0.6) is 0 Å². The average molecular weight is 359 g/mol. The molecule has 1 atom stereocenters. The van der Waals surface area contributed by atoms with Gasteiger partial charge >= 0.3 is 0 Å². The summed E-state index contributed by atoms with van der Waals surface area (Å²) in [4.78, 5) is 0. The second-order valence-corrected chi connectivity index (χ2v) is 5.79. The summed E-state index contributed by atoms with van der Waals surface area (Å²) in [5.74, 6) is -0.338. The molecular weight excluding hydrogens is 345 g/mol. The lowest BCUT2D eigenvalue weighted by atomic mass is 10.0. The van der Waals surface area contributed by atoms with Crippen molar-refractivity contribution in [2.24, 2.45) is 0 Å². The summed E-state index contributed by atoms with van der Waals surface area (Å²) in [7, 11) is 0. The van der Waals surface area contributed by atoms with E-state index in [4.69, 9.17) is 11.6 Å². The molecule has 2 nitrogen and oxygen atoms in total. The Balaban J connectivity index is 2.28.